The Kier molecular flexibility index (Phi) is 7.01. The van der Waals surface area contributed by atoms with Crippen LogP contribution in [0.2, 0.25) is 10.0 Å². The van der Waals surface area contributed by atoms with E-state index in [1.165, 1.54) is 18.2 Å². The Morgan fingerprint density at radius 2 is 1.80 bits per heavy atom. The molecule has 0 atom stereocenters. The van der Waals surface area contributed by atoms with Crippen LogP contribution in [0, 0.1) is 0 Å². The first-order valence-electron chi connectivity index (χ1n) is 7.18. The van der Waals surface area contributed by atoms with Crippen molar-refractivity contribution in [3.05, 3.63) is 58.1 Å². The molecule has 0 fully saturated rings. The predicted octanol–water partition coefficient (Wildman–Crippen LogP) is 3.89. The minimum Gasteiger partial charge on any atom is -0.351 e. The number of anilines is 1. The number of rotatable bonds is 7. The fraction of sp³-hybridized carbons (Fsp3) is 0.188. The molecule has 2 aromatic carbocycles. The molecule has 0 aliphatic heterocycles. The Labute approximate surface area is 161 Å². The molecule has 0 aromatic heterocycles. The average Bonchev–Trinajstić information content (AvgIpc) is 2.53. The van der Waals surface area contributed by atoms with Crippen molar-refractivity contribution in [3.8, 4) is 0 Å². The van der Waals surface area contributed by atoms with Gasteiger partial charge in [0.15, 0.2) is 0 Å². The Balaban J connectivity index is 1.91. The quantitative estimate of drug-likeness (QED) is 0.528. The number of hydrogen-bond donors (Lipinski definition) is 2. The van der Waals surface area contributed by atoms with E-state index >= 15 is 0 Å². The third kappa shape index (κ3) is 6.78. The van der Waals surface area contributed by atoms with Crippen LogP contribution < -0.4 is 10.0 Å². The normalized spacial score (nSPS) is 11.2. The standard InChI is InChI=1S/C16H16Cl2N2O3S2/c1-25(22,23)20-12-4-7-15(18)14(10-12)16(21)19-8-9-24-13-5-2-11(17)3-6-13/h2-7,10,20H,8-9H2,1H3,(H,19,21). The molecule has 0 aliphatic rings. The molecule has 2 N–H and O–H groups in total. The van der Waals surface area contributed by atoms with Crippen molar-refractivity contribution in [2.75, 3.05) is 23.3 Å². The van der Waals surface area contributed by atoms with E-state index in [0.717, 1.165) is 11.2 Å². The van der Waals surface area contributed by atoms with Crippen LogP contribution >= 0.6 is 35.0 Å². The highest BCUT2D eigenvalue weighted by molar-refractivity contribution is 7.99. The summed E-state index contributed by atoms with van der Waals surface area (Å²) in [4.78, 5) is 13.3. The zero-order chi connectivity index (χ0) is 18.4. The number of nitrogens with one attached hydrogen (secondary N) is 2. The molecule has 0 aliphatic carbocycles. The van der Waals surface area contributed by atoms with Crippen LogP contribution in [0.4, 0.5) is 5.69 Å². The van der Waals surface area contributed by atoms with E-state index in [1.807, 2.05) is 24.3 Å². The van der Waals surface area contributed by atoms with Gasteiger partial charge in [0.1, 0.15) is 0 Å². The molecular weight excluding hydrogens is 403 g/mol. The number of hydrogen-bond acceptors (Lipinski definition) is 4. The van der Waals surface area contributed by atoms with Crippen molar-refractivity contribution in [2.24, 2.45) is 0 Å². The maximum Gasteiger partial charge on any atom is 0.252 e. The second-order valence-corrected chi connectivity index (χ2v) is 8.89. The molecule has 5 nitrogen and oxygen atoms in total. The summed E-state index contributed by atoms with van der Waals surface area (Å²) in [6.45, 7) is 0.437. The van der Waals surface area contributed by atoms with Crippen molar-refractivity contribution < 1.29 is 13.2 Å². The van der Waals surface area contributed by atoms with E-state index in [2.05, 4.69) is 10.0 Å². The molecule has 0 unspecified atom stereocenters. The van der Waals surface area contributed by atoms with E-state index in [0.29, 0.717) is 17.3 Å². The van der Waals surface area contributed by atoms with Gasteiger partial charge in [-0.05, 0) is 42.5 Å². The molecule has 9 heteroatoms. The number of carbonyl (C=O) groups excluding carboxylic acids is 1. The Morgan fingerprint density at radius 3 is 2.44 bits per heavy atom. The van der Waals surface area contributed by atoms with Crippen LogP contribution in [0.1, 0.15) is 10.4 Å². The van der Waals surface area contributed by atoms with Crippen LogP contribution in [0.25, 0.3) is 0 Å². The van der Waals surface area contributed by atoms with E-state index < -0.39 is 10.0 Å². The molecule has 0 saturated heterocycles. The fourth-order valence-electron chi connectivity index (χ4n) is 1.94. The summed E-state index contributed by atoms with van der Waals surface area (Å²) >= 11 is 13.4. The van der Waals surface area contributed by atoms with E-state index in [1.54, 1.807) is 11.8 Å². The molecule has 134 valence electrons. The molecule has 0 heterocycles. The topological polar surface area (TPSA) is 75.3 Å². The van der Waals surface area contributed by atoms with Gasteiger partial charge >= 0.3 is 0 Å². The predicted molar refractivity (Wildman–Crippen MR) is 104 cm³/mol. The highest BCUT2D eigenvalue weighted by Crippen LogP contribution is 2.22. The van der Waals surface area contributed by atoms with Crippen molar-refractivity contribution >= 4 is 56.6 Å². The van der Waals surface area contributed by atoms with Crippen LogP contribution in [-0.2, 0) is 10.0 Å². The SMILES string of the molecule is CS(=O)(=O)Nc1ccc(Cl)c(C(=O)NCCSc2ccc(Cl)cc2)c1. The van der Waals surface area contributed by atoms with Gasteiger partial charge in [-0.2, -0.15) is 0 Å². The van der Waals surface area contributed by atoms with E-state index in [4.69, 9.17) is 23.2 Å². The van der Waals surface area contributed by atoms with Gasteiger partial charge in [0.25, 0.3) is 5.91 Å². The van der Waals surface area contributed by atoms with E-state index in [9.17, 15) is 13.2 Å². The monoisotopic (exact) mass is 418 g/mol. The highest BCUT2D eigenvalue weighted by atomic mass is 35.5. The Morgan fingerprint density at radius 1 is 1.12 bits per heavy atom. The minimum atomic E-state index is -3.42. The summed E-state index contributed by atoms with van der Waals surface area (Å²) in [5, 5.41) is 3.69. The first-order chi connectivity index (χ1) is 11.7. The minimum absolute atomic E-state index is 0.215. The van der Waals surface area contributed by atoms with Crippen LogP contribution in [0.3, 0.4) is 0 Å². The molecule has 2 aromatic rings. The second-order valence-electron chi connectivity index (χ2n) is 5.13. The van der Waals surface area contributed by atoms with Gasteiger partial charge < -0.3 is 5.32 Å². The average molecular weight is 419 g/mol. The van der Waals surface area contributed by atoms with Gasteiger partial charge in [0.2, 0.25) is 10.0 Å². The van der Waals surface area contributed by atoms with Gasteiger partial charge in [-0.25, -0.2) is 8.42 Å². The van der Waals surface area contributed by atoms with Crippen molar-refractivity contribution in [3.63, 3.8) is 0 Å². The summed E-state index contributed by atoms with van der Waals surface area (Å²) in [7, 11) is -3.42. The summed E-state index contributed by atoms with van der Waals surface area (Å²) in [6, 6.07) is 11.8. The maximum absolute atomic E-state index is 12.2. The fourth-order valence-corrected chi connectivity index (χ4v) is 3.59. The summed E-state index contributed by atoms with van der Waals surface area (Å²) in [5.74, 6) is 0.311. The summed E-state index contributed by atoms with van der Waals surface area (Å²) < 4.78 is 24.9. The third-order valence-electron chi connectivity index (χ3n) is 2.98. The van der Waals surface area contributed by atoms with Gasteiger partial charge in [0.05, 0.1) is 16.8 Å². The third-order valence-corrected chi connectivity index (χ3v) is 5.19. The summed E-state index contributed by atoms with van der Waals surface area (Å²) in [6.07, 6.45) is 1.04. The smallest absolute Gasteiger partial charge is 0.252 e. The molecular formula is C16H16Cl2N2O3S2. The molecule has 0 saturated carbocycles. The number of amides is 1. The molecule has 2 rings (SSSR count). The van der Waals surface area contributed by atoms with Gasteiger partial charge in [-0.3, -0.25) is 9.52 Å². The lowest BCUT2D eigenvalue weighted by molar-refractivity contribution is 0.0956. The molecule has 0 spiro atoms. The lowest BCUT2D eigenvalue weighted by atomic mass is 10.2. The van der Waals surface area contributed by atoms with Gasteiger partial charge in [0, 0.05) is 27.9 Å². The van der Waals surface area contributed by atoms with E-state index in [-0.39, 0.29) is 22.2 Å². The molecule has 0 bridgehead atoms. The number of benzene rings is 2. The van der Waals surface area contributed by atoms with Crippen LogP contribution in [0.15, 0.2) is 47.4 Å². The van der Waals surface area contributed by atoms with Gasteiger partial charge in [-0.1, -0.05) is 23.2 Å². The molecule has 25 heavy (non-hydrogen) atoms. The van der Waals surface area contributed by atoms with Crippen molar-refractivity contribution in [2.45, 2.75) is 4.90 Å². The lowest BCUT2D eigenvalue weighted by Gasteiger charge is -2.09. The van der Waals surface area contributed by atoms with Crippen LogP contribution in [0.5, 0.6) is 0 Å². The number of thioether (sulfide) groups is 1. The zero-order valence-electron chi connectivity index (χ0n) is 13.3. The van der Waals surface area contributed by atoms with Gasteiger partial charge in [-0.15, -0.1) is 11.8 Å². The summed E-state index contributed by atoms with van der Waals surface area (Å²) in [5.41, 5.74) is 0.499. The maximum atomic E-state index is 12.2. The first kappa shape index (κ1) is 19.9. The molecule has 0 radical (unpaired) electrons. The van der Waals surface area contributed by atoms with Crippen molar-refractivity contribution in [1.82, 2.24) is 5.32 Å². The number of halogens is 2. The largest absolute Gasteiger partial charge is 0.351 e. The Hall–Kier alpha value is -1.41. The molecule has 1 amide bonds. The first-order valence-corrected chi connectivity index (χ1v) is 10.8. The number of carbonyl (C=O) groups is 1. The van der Waals surface area contributed by atoms with Crippen molar-refractivity contribution in [1.29, 1.82) is 0 Å². The second kappa shape index (κ2) is 8.80. The lowest BCUT2D eigenvalue weighted by Crippen LogP contribution is -2.26. The highest BCUT2D eigenvalue weighted by Gasteiger charge is 2.12. The Bertz CT molecular complexity index is 856. The number of sulfonamides is 1. The van der Waals surface area contributed by atoms with Crippen LogP contribution in [-0.4, -0.2) is 32.9 Å². The zero-order valence-corrected chi connectivity index (χ0v) is 16.4.